The third kappa shape index (κ3) is 4.17. The van der Waals surface area contributed by atoms with Crippen LogP contribution in [0.4, 0.5) is 0 Å². The zero-order valence-electron chi connectivity index (χ0n) is 14.6. The molecule has 2 unspecified atom stereocenters. The van der Waals surface area contributed by atoms with E-state index in [1.165, 1.54) is 0 Å². The first kappa shape index (κ1) is 17.4. The van der Waals surface area contributed by atoms with E-state index in [4.69, 9.17) is 15.2 Å². The molecule has 1 amide bonds. The van der Waals surface area contributed by atoms with Crippen LogP contribution >= 0.6 is 0 Å². The average Bonchev–Trinajstić information content (AvgIpc) is 2.61. The van der Waals surface area contributed by atoms with Gasteiger partial charge in [-0.25, -0.2) is 9.97 Å². The Kier molecular flexibility index (Phi) is 5.33. The van der Waals surface area contributed by atoms with Crippen LogP contribution < -0.4 is 15.2 Å². The largest absolute Gasteiger partial charge is 0.497 e. The van der Waals surface area contributed by atoms with E-state index in [-0.39, 0.29) is 18.1 Å². The first-order valence-electron chi connectivity index (χ1n) is 8.57. The summed E-state index contributed by atoms with van der Waals surface area (Å²) in [6, 6.07) is 5.33. The lowest BCUT2D eigenvalue weighted by Gasteiger charge is -2.35. The normalized spacial score (nSPS) is 19.5. The minimum absolute atomic E-state index is 0.127. The van der Waals surface area contributed by atoms with Crippen LogP contribution in [0.3, 0.4) is 0 Å². The van der Waals surface area contributed by atoms with Crippen molar-refractivity contribution in [1.29, 1.82) is 0 Å². The quantitative estimate of drug-likeness (QED) is 0.858. The summed E-state index contributed by atoms with van der Waals surface area (Å²) < 4.78 is 11.1. The maximum Gasteiger partial charge on any atom is 0.234 e. The third-order valence-electron chi connectivity index (χ3n) is 4.48. The van der Waals surface area contributed by atoms with Gasteiger partial charge in [0.1, 0.15) is 11.9 Å². The molecule has 0 radical (unpaired) electrons. The zero-order valence-corrected chi connectivity index (χ0v) is 14.6. The van der Waals surface area contributed by atoms with Crippen molar-refractivity contribution in [2.24, 2.45) is 5.73 Å². The smallest absolute Gasteiger partial charge is 0.234 e. The van der Waals surface area contributed by atoms with Crippen LogP contribution in [-0.2, 0) is 4.79 Å². The van der Waals surface area contributed by atoms with Crippen molar-refractivity contribution in [2.75, 3.05) is 20.2 Å². The Morgan fingerprint density at radius 2 is 2.24 bits per heavy atom. The first-order chi connectivity index (χ1) is 12.1. The van der Waals surface area contributed by atoms with Gasteiger partial charge in [-0.05, 0) is 38.4 Å². The second kappa shape index (κ2) is 7.65. The molecule has 0 spiro atoms. The van der Waals surface area contributed by atoms with Gasteiger partial charge in [-0.15, -0.1) is 0 Å². The lowest BCUT2D eigenvalue weighted by Crippen LogP contribution is -2.50. The lowest BCUT2D eigenvalue weighted by molar-refractivity contribution is -0.124. The van der Waals surface area contributed by atoms with Gasteiger partial charge in [-0.1, -0.05) is 6.42 Å². The van der Waals surface area contributed by atoms with E-state index in [9.17, 15) is 4.79 Å². The highest BCUT2D eigenvalue weighted by molar-refractivity contribution is 5.80. The minimum Gasteiger partial charge on any atom is -0.497 e. The summed E-state index contributed by atoms with van der Waals surface area (Å²) in [6.07, 6.45) is 4.42. The van der Waals surface area contributed by atoms with Crippen molar-refractivity contribution >= 4 is 16.9 Å². The van der Waals surface area contributed by atoms with E-state index in [0.29, 0.717) is 12.4 Å². The van der Waals surface area contributed by atoms with Gasteiger partial charge >= 0.3 is 0 Å². The number of aromatic nitrogens is 2. The molecule has 2 aromatic rings. The van der Waals surface area contributed by atoms with Crippen molar-refractivity contribution in [2.45, 2.75) is 38.3 Å². The fourth-order valence-electron chi connectivity index (χ4n) is 3.26. The summed E-state index contributed by atoms with van der Waals surface area (Å²) >= 11 is 0. The first-order valence-corrected chi connectivity index (χ1v) is 8.57. The van der Waals surface area contributed by atoms with Crippen molar-refractivity contribution in [3.8, 4) is 11.6 Å². The standard InChI is InChI=1S/C18H24N4O3/c1-12(11-22-8-4-3-5-16(22)18(19)23)25-17-10-20-14-7-6-13(24-2)9-15(14)21-17/h6-7,9-10,12,16H,3-5,8,11H2,1-2H3,(H2,19,23). The highest BCUT2D eigenvalue weighted by Gasteiger charge is 2.28. The SMILES string of the molecule is COc1ccc2ncc(OC(C)CN3CCCCC3C(N)=O)nc2c1. The fourth-order valence-corrected chi connectivity index (χ4v) is 3.26. The van der Waals surface area contributed by atoms with Gasteiger partial charge in [0.05, 0.1) is 30.4 Å². The Morgan fingerprint density at radius 1 is 1.40 bits per heavy atom. The van der Waals surface area contributed by atoms with Crippen LogP contribution in [0, 0.1) is 0 Å². The summed E-state index contributed by atoms with van der Waals surface area (Å²) in [5, 5.41) is 0. The maximum absolute atomic E-state index is 11.6. The molecular formula is C18H24N4O3. The molecule has 2 heterocycles. The topological polar surface area (TPSA) is 90.6 Å². The number of methoxy groups -OCH3 is 1. The Hall–Kier alpha value is -2.41. The highest BCUT2D eigenvalue weighted by atomic mass is 16.5. The van der Waals surface area contributed by atoms with E-state index in [0.717, 1.165) is 42.6 Å². The summed E-state index contributed by atoms with van der Waals surface area (Å²) in [4.78, 5) is 22.6. The number of carbonyl (C=O) groups excluding carboxylic acids is 1. The number of primary amides is 1. The van der Waals surface area contributed by atoms with Crippen LogP contribution in [0.5, 0.6) is 11.6 Å². The molecule has 3 rings (SSSR count). The van der Waals surface area contributed by atoms with E-state index >= 15 is 0 Å². The van der Waals surface area contributed by atoms with Crippen molar-refractivity contribution in [3.05, 3.63) is 24.4 Å². The van der Waals surface area contributed by atoms with Gasteiger partial charge in [0, 0.05) is 12.6 Å². The van der Waals surface area contributed by atoms with Gasteiger partial charge in [-0.3, -0.25) is 9.69 Å². The van der Waals surface area contributed by atoms with E-state index in [1.54, 1.807) is 13.3 Å². The summed E-state index contributed by atoms with van der Waals surface area (Å²) in [6.45, 7) is 3.46. The van der Waals surface area contributed by atoms with E-state index < -0.39 is 0 Å². The maximum atomic E-state index is 11.6. The number of rotatable bonds is 6. The molecule has 7 heteroatoms. The minimum atomic E-state index is -0.260. The van der Waals surface area contributed by atoms with Gasteiger partial charge in [0.15, 0.2) is 0 Å². The number of carbonyl (C=O) groups is 1. The zero-order chi connectivity index (χ0) is 17.8. The van der Waals surface area contributed by atoms with Gasteiger partial charge in [-0.2, -0.15) is 0 Å². The number of ether oxygens (including phenoxy) is 2. The highest BCUT2D eigenvalue weighted by Crippen LogP contribution is 2.21. The predicted octanol–water partition coefficient (Wildman–Crippen LogP) is 1.75. The molecule has 134 valence electrons. The molecule has 0 aliphatic carbocycles. The lowest BCUT2D eigenvalue weighted by atomic mass is 10.0. The van der Waals surface area contributed by atoms with Crippen molar-refractivity contribution < 1.29 is 14.3 Å². The Labute approximate surface area is 147 Å². The average molecular weight is 344 g/mol. The monoisotopic (exact) mass is 344 g/mol. The molecule has 1 aromatic heterocycles. The van der Waals surface area contributed by atoms with Gasteiger partial charge < -0.3 is 15.2 Å². The van der Waals surface area contributed by atoms with Crippen LogP contribution in [0.1, 0.15) is 26.2 Å². The van der Waals surface area contributed by atoms with Crippen LogP contribution in [0.2, 0.25) is 0 Å². The summed E-state index contributed by atoms with van der Waals surface area (Å²) in [7, 11) is 1.62. The molecule has 2 atom stereocenters. The predicted molar refractivity (Wildman–Crippen MR) is 94.6 cm³/mol. The molecule has 1 aliphatic rings. The summed E-state index contributed by atoms with van der Waals surface area (Å²) in [5.41, 5.74) is 7.02. The fraction of sp³-hybridized carbons (Fsp3) is 0.500. The molecule has 0 bridgehead atoms. The Morgan fingerprint density at radius 3 is 3.00 bits per heavy atom. The van der Waals surface area contributed by atoms with Crippen molar-refractivity contribution in [3.63, 3.8) is 0 Å². The Bertz CT molecular complexity index is 752. The number of fused-ring (bicyclic) bond motifs is 1. The number of likely N-dealkylation sites (tertiary alicyclic amines) is 1. The molecular weight excluding hydrogens is 320 g/mol. The van der Waals surface area contributed by atoms with Gasteiger partial charge in [0.2, 0.25) is 11.8 Å². The number of piperidine rings is 1. The van der Waals surface area contributed by atoms with E-state index in [2.05, 4.69) is 14.9 Å². The second-order valence-corrected chi connectivity index (χ2v) is 6.40. The second-order valence-electron chi connectivity index (χ2n) is 6.40. The number of nitrogens with zero attached hydrogens (tertiary/aromatic N) is 3. The molecule has 1 aliphatic heterocycles. The number of hydrogen-bond acceptors (Lipinski definition) is 6. The number of benzene rings is 1. The molecule has 25 heavy (non-hydrogen) atoms. The number of nitrogens with two attached hydrogens (primary N) is 1. The summed E-state index contributed by atoms with van der Waals surface area (Å²) in [5.74, 6) is 0.926. The van der Waals surface area contributed by atoms with Crippen LogP contribution in [0.25, 0.3) is 11.0 Å². The molecule has 1 saturated heterocycles. The van der Waals surface area contributed by atoms with Crippen LogP contribution in [0.15, 0.2) is 24.4 Å². The van der Waals surface area contributed by atoms with E-state index in [1.807, 2.05) is 25.1 Å². The van der Waals surface area contributed by atoms with Gasteiger partial charge in [0.25, 0.3) is 0 Å². The van der Waals surface area contributed by atoms with Crippen LogP contribution in [-0.4, -0.2) is 53.1 Å². The molecule has 1 aromatic carbocycles. The third-order valence-corrected chi connectivity index (χ3v) is 4.48. The molecule has 7 nitrogen and oxygen atoms in total. The molecule has 2 N–H and O–H groups in total. The Balaban J connectivity index is 1.68. The molecule has 1 fully saturated rings. The van der Waals surface area contributed by atoms with Crippen molar-refractivity contribution in [1.82, 2.24) is 14.9 Å². The number of hydrogen-bond donors (Lipinski definition) is 1. The molecule has 0 saturated carbocycles. The number of amides is 1.